The number of rotatable bonds is 7. The van der Waals surface area contributed by atoms with E-state index in [4.69, 9.17) is 14.7 Å². The van der Waals surface area contributed by atoms with Crippen molar-refractivity contribution in [3.05, 3.63) is 23.8 Å². The molecule has 1 atom stereocenters. The number of nitriles is 1. The molecule has 1 aliphatic carbocycles. The van der Waals surface area contributed by atoms with Gasteiger partial charge in [-0.1, -0.05) is 32.1 Å². The fourth-order valence-corrected chi connectivity index (χ4v) is 3.44. The summed E-state index contributed by atoms with van der Waals surface area (Å²) in [6, 6.07) is 4.12. The van der Waals surface area contributed by atoms with E-state index in [-0.39, 0.29) is 0 Å². The Bertz CT molecular complexity index is 685. The van der Waals surface area contributed by atoms with Crippen molar-refractivity contribution in [1.82, 2.24) is 10.2 Å². The van der Waals surface area contributed by atoms with Crippen LogP contribution < -0.4 is 14.8 Å². The lowest BCUT2D eigenvalue weighted by Crippen LogP contribution is -2.47. The van der Waals surface area contributed by atoms with E-state index in [2.05, 4.69) is 5.32 Å². The number of benzene rings is 1. The predicted molar refractivity (Wildman–Crippen MR) is 100 cm³/mol. The highest BCUT2D eigenvalue weighted by Gasteiger charge is 2.28. The molecule has 0 radical (unpaired) electrons. The van der Waals surface area contributed by atoms with E-state index in [1.807, 2.05) is 6.19 Å². The van der Waals surface area contributed by atoms with Crippen LogP contribution in [-0.2, 0) is 4.79 Å². The molecule has 2 rings (SSSR count). The SMILES string of the molecule is COc1cc(OC)cc(C(=O)NC(CC2CCCCC2)C(=O)N(C)C#N)c1. The van der Waals surface area contributed by atoms with E-state index >= 15 is 0 Å². The zero-order valence-electron chi connectivity index (χ0n) is 16.2. The van der Waals surface area contributed by atoms with Crippen LogP contribution in [-0.4, -0.2) is 44.0 Å². The summed E-state index contributed by atoms with van der Waals surface area (Å²) in [6.07, 6.45) is 7.94. The van der Waals surface area contributed by atoms with Gasteiger partial charge in [0.05, 0.1) is 14.2 Å². The van der Waals surface area contributed by atoms with Gasteiger partial charge in [-0.2, -0.15) is 5.26 Å². The molecule has 2 amide bonds. The Kier molecular flexibility index (Phi) is 7.47. The molecule has 1 aromatic rings. The number of likely N-dealkylation sites (N-methyl/N-ethyl adjacent to an activating group) is 1. The second-order valence-corrected chi connectivity index (χ2v) is 6.86. The molecule has 7 heteroatoms. The molecule has 0 saturated heterocycles. The Morgan fingerprint density at radius 1 is 1.19 bits per heavy atom. The molecule has 0 aliphatic heterocycles. The molecule has 27 heavy (non-hydrogen) atoms. The Hall–Kier alpha value is -2.75. The number of nitrogens with zero attached hydrogens (tertiary/aromatic N) is 2. The average Bonchev–Trinajstić information content (AvgIpc) is 2.72. The summed E-state index contributed by atoms with van der Waals surface area (Å²) < 4.78 is 10.4. The first kappa shape index (κ1) is 20.6. The van der Waals surface area contributed by atoms with Gasteiger partial charge in [0.2, 0.25) is 0 Å². The molecule has 1 aromatic carbocycles. The summed E-state index contributed by atoms with van der Waals surface area (Å²) in [5.41, 5.74) is 0.340. The average molecular weight is 373 g/mol. The van der Waals surface area contributed by atoms with Gasteiger partial charge in [-0.15, -0.1) is 0 Å². The third-order valence-electron chi connectivity index (χ3n) is 4.99. The van der Waals surface area contributed by atoms with Crippen molar-refractivity contribution >= 4 is 11.8 Å². The summed E-state index contributed by atoms with van der Waals surface area (Å²) in [5, 5.41) is 11.9. The van der Waals surface area contributed by atoms with Crippen LogP contribution in [0.1, 0.15) is 48.9 Å². The quantitative estimate of drug-likeness (QED) is 0.586. The maximum atomic E-state index is 12.8. The summed E-state index contributed by atoms with van der Waals surface area (Å²) in [6.45, 7) is 0. The van der Waals surface area contributed by atoms with Crippen LogP contribution in [0.3, 0.4) is 0 Å². The molecule has 0 heterocycles. The highest BCUT2D eigenvalue weighted by molar-refractivity contribution is 5.98. The summed E-state index contributed by atoms with van der Waals surface area (Å²) in [5.74, 6) is 0.562. The van der Waals surface area contributed by atoms with E-state index in [9.17, 15) is 9.59 Å². The molecule has 1 fully saturated rings. The summed E-state index contributed by atoms with van der Waals surface area (Å²) in [4.78, 5) is 26.3. The Morgan fingerprint density at radius 3 is 2.30 bits per heavy atom. The van der Waals surface area contributed by atoms with Gasteiger partial charge in [0.25, 0.3) is 11.8 Å². The first-order chi connectivity index (χ1) is 13.0. The molecule has 146 valence electrons. The summed E-state index contributed by atoms with van der Waals surface area (Å²) in [7, 11) is 4.43. The smallest absolute Gasteiger partial charge is 0.257 e. The summed E-state index contributed by atoms with van der Waals surface area (Å²) >= 11 is 0. The highest BCUT2D eigenvalue weighted by Crippen LogP contribution is 2.28. The van der Waals surface area contributed by atoms with Crippen LogP contribution in [0.4, 0.5) is 0 Å². The molecular formula is C20H27N3O4. The molecule has 1 unspecified atom stereocenters. The van der Waals surface area contributed by atoms with Gasteiger partial charge in [-0.05, 0) is 24.5 Å². The monoisotopic (exact) mass is 373 g/mol. The Labute approximate surface area is 160 Å². The van der Waals surface area contributed by atoms with Crippen molar-refractivity contribution < 1.29 is 19.1 Å². The third-order valence-corrected chi connectivity index (χ3v) is 4.99. The maximum Gasteiger partial charge on any atom is 0.257 e. The molecule has 0 aromatic heterocycles. The van der Waals surface area contributed by atoms with Crippen molar-refractivity contribution in [2.45, 2.75) is 44.6 Å². The van der Waals surface area contributed by atoms with Crippen molar-refractivity contribution in [1.29, 1.82) is 5.26 Å². The van der Waals surface area contributed by atoms with Crippen molar-refractivity contribution in [2.75, 3.05) is 21.3 Å². The third kappa shape index (κ3) is 5.61. The largest absolute Gasteiger partial charge is 0.497 e. The number of hydrogen-bond acceptors (Lipinski definition) is 5. The van der Waals surface area contributed by atoms with E-state index in [0.29, 0.717) is 29.4 Å². The molecule has 0 bridgehead atoms. The van der Waals surface area contributed by atoms with Gasteiger partial charge >= 0.3 is 0 Å². The van der Waals surface area contributed by atoms with Crippen LogP contribution in [0.2, 0.25) is 0 Å². The number of ether oxygens (including phenoxy) is 2. The zero-order valence-corrected chi connectivity index (χ0v) is 16.2. The van der Waals surface area contributed by atoms with E-state index in [0.717, 1.165) is 30.6 Å². The number of methoxy groups -OCH3 is 2. The van der Waals surface area contributed by atoms with Crippen LogP contribution in [0, 0.1) is 17.4 Å². The number of carbonyl (C=O) groups is 2. The lowest BCUT2D eigenvalue weighted by Gasteiger charge is -2.27. The molecule has 7 nitrogen and oxygen atoms in total. The predicted octanol–water partition coefficient (Wildman–Crippen LogP) is 2.71. The van der Waals surface area contributed by atoms with Crippen molar-refractivity contribution in [3.63, 3.8) is 0 Å². The Balaban J connectivity index is 2.19. The fraction of sp³-hybridized carbons (Fsp3) is 0.550. The molecule has 1 N–H and O–H groups in total. The second-order valence-electron chi connectivity index (χ2n) is 6.86. The second kappa shape index (κ2) is 9.81. The van der Waals surface area contributed by atoms with E-state index in [1.165, 1.54) is 27.7 Å². The normalized spacial score (nSPS) is 15.3. The van der Waals surface area contributed by atoms with Crippen molar-refractivity contribution in [3.8, 4) is 17.7 Å². The number of nitrogens with one attached hydrogen (secondary N) is 1. The van der Waals surface area contributed by atoms with Gasteiger partial charge < -0.3 is 14.8 Å². The topological polar surface area (TPSA) is 91.7 Å². The number of amides is 2. The zero-order chi connectivity index (χ0) is 19.8. The minimum atomic E-state index is -0.734. The standard InChI is InChI=1S/C20H27N3O4/c1-23(13-21)20(25)18(9-14-7-5-4-6-8-14)22-19(24)15-10-16(26-2)12-17(11-15)27-3/h10-12,14,18H,4-9H2,1-3H3,(H,22,24). The maximum absolute atomic E-state index is 12.8. The number of hydrogen-bond donors (Lipinski definition) is 1. The molecule has 1 aliphatic rings. The van der Waals surface area contributed by atoms with Crippen molar-refractivity contribution in [2.24, 2.45) is 5.92 Å². The van der Waals surface area contributed by atoms with E-state index < -0.39 is 17.9 Å². The van der Waals surface area contributed by atoms with Gasteiger partial charge in [0.1, 0.15) is 17.5 Å². The van der Waals surface area contributed by atoms with E-state index in [1.54, 1.807) is 18.2 Å². The minimum Gasteiger partial charge on any atom is -0.497 e. The first-order valence-corrected chi connectivity index (χ1v) is 9.19. The fourth-order valence-electron chi connectivity index (χ4n) is 3.44. The van der Waals surface area contributed by atoms with Crippen LogP contribution in [0.25, 0.3) is 0 Å². The molecular weight excluding hydrogens is 346 g/mol. The van der Waals surface area contributed by atoms with Crippen LogP contribution in [0.15, 0.2) is 18.2 Å². The lowest BCUT2D eigenvalue weighted by molar-refractivity contribution is -0.129. The van der Waals surface area contributed by atoms with Gasteiger partial charge in [0, 0.05) is 18.7 Å². The highest BCUT2D eigenvalue weighted by atomic mass is 16.5. The van der Waals surface area contributed by atoms with Gasteiger partial charge in [0.15, 0.2) is 6.19 Å². The molecule has 1 saturated carbocycles. The lowest BCUT2D eigenvalue weighted by atomic mass is 9.84. The van der Waals surface area contributed by atoms with Crippen LogP contribution in [0.5, 0.6) is 11.5 Å². The first-order valence-electron chi connectivity index (χ1n) is 9.19. The van der Waals surface area contributed by atoms with Crippen LogP contribution >= 0.6 is 0 Å². The number of carbonyl (C=O) groups excluding carboxylic acids is 2. The minimum absolute atomic E-state index is 0.340. The van der Waals surface area contributed by atoms with Gasteiger partial charge in [-0.3, -0.25) is 14.5 Å². The Morgan fingerprint density at radius 2 is 1.78 bits per heavy atom. The molecule has 0 spiro atoms. The van der Waals surface area contributed by atoms with Gasteiger partial charge in [-0.25, -0.2) is 0 Å².